The van der Waals surface area contributed by atoms with Crippen molar-refractivity contribution in [3.8, 4) is 6.07 Å². The van der Waals surface area contributed by atoms with E-state index >= 15 is 0 Å². The summed E-state index contributed by atoms with van der Waals surface area (Å²) in [7, 11) is 0. The quantitative estimate of drug-likeness (QED) is 0.618. The van der Waals surface area contributed by atoms with Gasteiger partial charge in [-0.2, -0.15) is 5.26 Å². The zero-order valence-corrected chi connectivity index (χ0v) is 7.98. The number of aldehydes is 1. The number of benzene rings is 1. The smallest absolute Gasteiger partial charge is 0.328 e. The second kappa shape index (κ2) is 4.84. The number of carboxylic acids is 1. The van der Waals surface area contributed by atoms with Crippen molar-refractivity contribution in [3.05, 3.63) is 40.7 Å². The van der Waals surface area contributed by atoms with E-state index in [-0.39, 0.29) is 16.7 Å². The Morgan fingerprint density at radius 3 is 2.62 bits per heavy atom. The fraction of sp³-hybridized carbons (Fsp3) is 0. The number of nitrogens with zero attached hydrogens (tertiary/aromatic N) is 1. The molecule has 1 N–H and O–H groups in total. The summed E-state index contributed by atoms with van der Waals surface area (Å²) in [6.07, 6.45) is 1.97. The normalized spacial score (nSPS) is 10.0. The second-order valence-corrected chi connectivity index (χ2v) is 2.82. The number of aliphatic carboxylic acids is 1. The third-order valence-electron chi connectivity index (χ3n) is 1.86. The lowest BCUT2D eigenvalue weighted by Crippen LogP contribution is -1.97. The maximum absolute atomic E-state index is 13.3. The Bertz CT molecular complexity index is 515. The van der Waals surface area contributed by atoms with Crippen LogP contribution in [0.4, 0.5) is 4.39 Å². The van der Waals surface area contributed by atoms with Crippen molar-refractivity contribution in [1.29, 1.82) is 5.26 Å². The number of nitriles is 1. The number of carbonyl (C=O) groups is 2. The Balaban J connectivity index is 3.41. The minimum Gasteiger partial charge on any atom is -0.478 e. The molecular formula is C11H6FNO3. The van der Waals surface area contributed by atoms with Crippen molar-refractivity contribution < 1.29 is 19.1 Å². The van der Waals surface area contributed by atoms with Crippen LogP contribution in [0, 0.1) is 17.1 Å². The van der Waals surface area contributed by atoms with Crippen LogP contribution in [0.2, 0.25) is 0 Å². The molecule has 0 atom stereocenters. The van der Waals surface area contributed by atoms with Crippen LogP contribution in [0.25, 0.3) is 6.08 Å². The summed E-state index contributed by atoms with van der Waals surface area (Å²) in [4.78, 5) is 21.0. The molecular weight excluding hydrogens is 213 g/mol. The second-order valence-electron chi connectivity index (χ2n) is 2.82. The van der Waals surface area contributed by atoms with Crippen LogP contribution in [-0.2, 0) is 4.79 Å². The van der Waals surface area contributed by atoms with Gasteiger partial charge in [0, 0.05) is 17.2 Å². The first kappa shape index (κ1) is 11.6. The molecule has 0 heterocycles. The van der Waals surface area contributed by atoms with E-state index in [9.17, 15) is 14.0 Å². The molecule has 4 nitrogen and oxygen atoms in total. The summed E-state index contributed by atoms with van der Waals surface area (Å²) in [5.41, 5.74) is -0.349. The van der Waals surface area contributed by atoms with Crippen LogP contribution in [0.15, 0.2) is 18.2 Å². The molecule has 0 saturated heterocycles. The van der Waals surface area contributed by atoms with Gasteiger partial charge in [0.2, 0.25) is 0 Å². The maximum Gasteiger partial charge on any atom is 0.328 e. The van der Waals surface area contributed by atoms with Crippen molar-refractivity contribution >= 4 is 18.3 Å². The number of hydrogen-bond acceptors (Lipinski definition) is 3. The van der Waals surface area contributed by atoms with Gasteiger partial charge in [-0.15, -0.1) is 0 Å². The summed E-state index contributed by atoms with van der Waals surface area (Å²) in [6.45, 7) is 0. The summed E-state index contributed by atoms with van der Waals surface area (Å²) in [5, 5.41) is 17.1. The average molecular weight is 219 g/mol. The monoisotopic (exact) mass is 219 g/mol. The highest BCUT2D eigenvalue weighted by atomic mass is 19.1. The lowest BCUT2D eigenvalue weighted by molar-refractivity contribution is -0.131. The van der Waals surface area contributed by atoms with Crippen molar-refractivity contribution in [3.63, 3.8) is 0 Å². The Morgan fingerprint density at radius 2 is 2.12 bits per heavy atom. The van der Waals surface area contributed by atoms with Crippen LogP contribution < -0.4 is 0 Å². The number of carboxylic acid groups (broad SMARTS) is 1. The molecule has 0 saturated carbocycles. The van der Waals surface area contributed by atoms with Gasteiger partial charge in [-0.3, -0.25) is 4.79 Å². The van der Waals surface area contributed by atoms with E-state index < -0.39 is 11.8 Å². The molecule has 0 bridgehead atoms. The molecule has 0 spiro atoms. The van der Waals surface area contributed by atoms with E-state index in [0.29, 0.717) is 12.4 Å². The summed E-state index contributed by atoms with van der Waals surface area (Å²) >= 11 is 0. The SMILES string of the molecule is N#Cc1ccc(F)c(/C=C/C(=O)O)c1C=O. The Hall–Kier alpha value is -2.48. The van der Waals surface area contributed by atoms with Crippen LogP contribution in [0.3, 0.4) is 0 Å². The molecule has 0 aromatic heterocycles. The third-order valence-corrected chi connectivity index (χ3v) is 1.86. The largest absolute Gasteiger partial charge is 0.478 e. The molecule has 1 aromatic rings. The highest BCUT2D eigenvalue weighted by molar-refractivity contribution is 5.90. The van der Waals surface area contributed by atoms with Crippen molar-refractivity contribution in [2.75, 3.05) is 0 Å². The molecule has 1 aromatic carbocycles. The van der Waals surface area contributed by atoms with Crippen LogP contribution in [0.1, 0.15) is 21.5 Å². The van der Waals surface area contributed by atoms with Gasteiger partial charge in [-0.05, 0) is 18.2 Å². The molecule has 80 valence electrons. The summed E-state index contributed by atoms with van der Waals surface area (Å²) in [5.74, 6) is -2.02. The predicted molar refractivity (Wildman–Crippen MR) is 53.2 cm³/mol. The minimum absolute atomic E-state index is 0.00133. The molecule has 0 radical (unpaired) electrons. The Kier molecular flexibility index (Phi) is 3.51. The molecule has 0 aliphatic rings. The van der Waals surface area contributed by atoms with E-state index in [0.717, 1.165) is 18.2 Å². The first-order valence-corrected chi connectivity index (χ1v) is 4.19. The number of carbonyl (C=O) groups excluding carboxylic acids is 1. The van der Waals surface area contributed by atoms with Gasteiger partial charge in [0.1, 0.15) is 5.82 Å². The van der Waals surface area contributed by atoms with E-state index in [1.54, 1.807) is 6.07 Å². The number of hydrogen-bond donors (Lipinski definition) is 1. The highest BCUT2D eigenvalue weighted by Gasteiger charge is 2.10. The van der Waals surface area contributed by atoms with Gasteiger partial charge < -0.3 is 5.11 Å². The fourth-order valence-corrected chi connectivity index (χ4v) is 1.16. The average Bonchev–Trinajstić information content (AvgIpc) is 2.26. The molecule has 16 heavy (non-hydrogen) atoms. The Labute approximate surface area is 90.2 Å². The van der Waals surface area contributed by atoms with E-state index in [1.165, 1.54) is 0 Å². The lowest BCUT2D eigenvalue weighted by atomic mass is 10.0. The molecule has 0 unspecified atom stereocenters. The van der Waals surface area contributed by atoms with Crippen LogP contribution in [-0.4, -0.2) is 17.4 Å². The van der Waals surface area contributed by atoms with Gasteiger partial charge in [0.25, 0.3) is 0 Å². The topological polar surface area (TPSA) is 78.2 Å². The predicted octanol–water partition coefficient (Wildman–Crippen LogP) is 1.61. The Morgan fingerprint density at radius 1 is 1.44 bits per heavy atom. The number of halogens is 1. The van der Waals surface area contributed by atoms with Crippen LogP contribution >= 0.6 is 0 Å². The molecule has 5 heteroatoms. The standard InChI is InChI=1S/C11H6FNO3/c12-10-3-1-7(5-13)9(6-14)8(10)2-4-11(15)16/h1-4,6H,(H,15,16)/b4-2+. The molecule has 0 fully saturated rings. The van der Waals surface area contributed by atoms with Gasteiger partial charge in [-0.25, -0.2) is 9.18 Å². The molecule has 0 amide bonds. The maximum atomic E-state index is 13.3. The third kappa shape index (κ3) is 2.30. The molecule has 0 aliphatic heterocycles. The molecule has 0 aliphatic carbocycles. The fourth-order valence-electron chi connectivity index (χ4n) is 1.16. The highest BCUT2D eigenvalue weighted by Crippen LogP contribution is 2.17. The minimum atomic E-state index is -1.27. The van der Waals surface area contributed by atoms with Crippen molar-refractivity contribution in [1.82, 2.24) is 0 Å². The van der Waals surface area contributed by atoms with E-state index in [1.807, 2.05) is 0 Å². The lowest BCUT2D eigenvalue weighted by Gasteiger charge is -2.02. The summed E-state index contributed by atoms with van der Waals surface area (Å²) < 4.78 is 13.3. The van der Waals surface area contributed by atoms with Crippen molar-refractivity contribution in [2.24, 2.45) is 0 Å². The molecule has 1 rings (SSSR count). The van der Waals surface area contributed by atoms with Gasteiger partial charge in [-0.1, -0.05) is 0 Å². The van der Waals surface area contributed by atoms with Gasteiger partial charge in [0.15, 0.2) is 6.29 Å². The number of rotatable bonds is 3. The van der Waals surface area contributed by atoms with Crippen molar-refractivity contribution in [2.45, 2.75) is 0 Å². The zero-order chi connectivity index (χ0) is 12.1. The van der Waals surface area contributed by atoms with E-state index in [4.69, 9.17) is 10.4 Å². The van der Waals surface area contributed by atoms with Crippen LogP contribution in [0.5, 0.6) is 0 Å². The first-order chi connectivity index (χ1) is 7.60. The van der Waals surface area contributed by atoms with Gasteiger partial charge >= 0.3 is 5.97 Å². The van der Waals surface area contributed by atoms with E-state index in [2.05, 4.69) is 0 Å². The van der Waals surface area contributed by atoms with Gasteiger partial charge in [0.05, 0.1) is 11.6 Å². The zero-order valence-electron chi connectivity index (χ0n) is 7.98. The first-order valence-electron chi connectivity index (χ1n) is 4.19. The summed E-state index contributed by atoms with van der Waals surface area (Å²) in [6, 6.07) is 3.89.